The molecule has 2 aliphatic rings. The number of ketones is 1. The molecule has 2 heteroatoms. The summed E-state index contributed by atoms with van der Waals surface area (Å²) >= 11 is 0. The molecule has 2 aliphatic carbocycles. The maximum absolute atomic E-state index is 12.5. The van der Waals surface area contributed by atoms with Gasteiger partial charge in [-0.2, -0.15) is 0 Å². The van der Waals surface area contributed by atoms with E-state index in [1.165, 1.54) is 0 Å². The summed E-state index contributed by atoms with van der Waals surface area (Å²) in [6, 6.07) is 0. The summed E-state index contributed by atoms with van der Waals surface area (Å²) in [7, 11) is 0. The van der Waals surface area contributed by atoms with Gasteiger partial charge in [-0.1, -0.05) is 29.9 Å². The summed E-state index contributed by atoms with van der Waals surface area (Å²) in [5.41, 5.74) is 3.40. The van der Waals surface area contributed by atoms with E-state index in [4.69, 9.17) is 0 Å². The summed E-state index contributed by atoms with van der Waals surface area (Å²) in [6.45, 7) is 9.70. The van der Waals surface area contributed by atoms with Crippen LogP contribution in [0.2, 0.25) is 0 Å². The predicted octanol–water partition coefficient (Wildman–Crippen LogP) is 4.27. The Hall–Kier alpha value is -1.57. The van der Waals surface area contributed by atoms with Crippen LogP contribution in [0, 0.1) is 11.8 Å². The Balaban J connectivity index is 2.48. The first-order valence-electron chi connectivity index (χ1n) is 6.90. The smallest absolute Gasteiger partial charge is 0.169 e. The second-order valence-electron chi connectivity index (χ2n) is 5.92. The second-order valence-corrected chi connectivity index (χ2v) is 5.92. The molecule has 102 valence electrons. The van der Waals surface area contributed by atoms with Crippen molar-refractivity contribution < 1.29 is 9.90 Å². The van der Waals surface area contributed by atoms with Crippen molar-refractivity contribution in [2.24, 2.45) is 11.8 Å². The SMILES string of the molecule is C=C(C)C=CC(=C(C)C)C1=C(O)C2CCC(C2)C1=O. The van der Waals surface area contributed by atoms with Gasteiger partial charge in [0.05, 0.1) is 5.57 Å². The van der Waals surface area contributed by atoms with Crippen LogP contribution in [0.1, 0.15) is 40.0 Å². The number of Topliss-reactive ketones (excluding diaryl/α,β-unsaturated/α-hetero) is 1. The minimum absolute atomic E-state index is 0.114. The van der Waals surface area contributed by atoms with Gasteiger partial charge in [0, 0.05) is 11.8 Å². The first-order chi connectivity index (χ1) is 8.91. The molecular weight excluding hydrogens is 236 g/mol. The standard InChI is InChI=1S/C17H22O2/c1-10(2)5-8-14(11(3)4)15-16(18)12-6-7-13(9-12)17(15)19/h5,8,12-13,18H,1,6-7,9H2,2-4H3. The van der Waals surface area contributed by atoms with E-state index in [0.29, 0.717) is 11.3 Å². The maximum atomic E-state index is 12.5. The van der Waals surface area contributed by atoms with E-state index in [2.05, 4.69) is 6.58 Å². The molecule has 0 spiro atoms. The summed E-state index contributed by atoms with van der Waals surface area (Å²) < 4.78 is 0. The lowest BCUT2D eigenvalue weighted by molar-refractivity contribution is -0.119. The van der Waals surface area contributed by atoms with Gasteiger partial charge in [0.15, 0.2) is 5.78 Å². The van der Waals surface area contributed by atoms with Crippen molar-refractivity contribution in [1.82, 2.24) is 0 Å². The average molecular weight is 258 g/mol. The Morgan fingerprint density at radius 2 is 1.84 bits per heavy atom. The number of carbonyl (C=O) groups is 1. The Morgan fingerprint density at radius 1 is 1.21 bits per heavy atom. The van der Waals surface area contributed by atoms with Gasteiger partial charge in [-0.25, -0.2) is 0 Å². The monoisotopic (exact) mass is 258 g/mol. The summed E-state index contributed by atoms with van der Waals surface area (Å²) in [4.78, 5) is 12.5. The Labute approximate surface area is 115 Å². The largest absolute Gasteiger partial charge is 0.511 e. The minimum atomic E-state index is 0.114. The topological polar surface area (TPSA) is 37.3 Å². The number of allylic oxidation sites excluding steroid dienone is 7. The highest BCUT2D eigenvalue weighted by Gasteiger charge is 2.41. The van der Waals surface area contributed by atoms with Crippen LogP contribution in [0.3, 0.4) is 0 Å². The fourth-order valence-electron chi connectivity index (χ4n) is 3.00. The molecule has 2 bridgehead atoms. The van der Waals surface area contributed by atoms with Gasteiger partial charge in [-0.15, -0.1) is 0 Å². The van der Waals surface area contributed by atoms with Gasteiger partial charge in [-0.3, -0.25) is 4.79 Å². The highest BCUT2D eigenvalue weighted by molar-refractivity contribution is 6.03. The minimum Gasteiger partial charge on any atom is -0.511 e. The molecule has 2 rings (SSSR count). The summed E-state index contributed by atoms with van der Waals surface area (Å²) in [5, 5.41) is 10.4. The number of rotatable bonds is 3. The molecule has 19 heavy (non-hydrogen) atoms. The zero-order valence-corrected chi connectivity index (χ0v) is 12.0. The lowest BCUT2D eigenvalue weighted by atomic mass is 9.82. The molecule has 1 N–H and O–H groups in total. The van der Waals surface area contributed by atoms with Gasteiger partial charge in [0.1, 0.15) is 5.76 Å². The Morgan fingerprint density at radius 3 is 2.42 bits per heavy atom. The van der Waals surface area contributed by atoms with E-state index in [9.17, 15) is 9.90 Å². The Bertz CT molecular complexity index is 513. The van der Waals surface area contributed by atoms with Gasteiger partial charge >= 0.3 is 0 Å². The number of aliphatic hydroxyl groups is 1. The fourth-order valence-corrected chi connectivity index (χ4v) is 3.00. The van der Waals surface area contributed by atoms with E-state index in [0.717, 1.165) is 36.0 Å². The third-order valence-electron chi connectivity index (χ3n) is 4.04. The number of fused-ring (bicyclic) bond motifs is 2. The van der Waals surface area contributed by atoms with Crippen LogP contribution < -0.4 is 0 Å². The highest BCUT2D eigenvalue weighted by Crippen LogP contribution is 2.44. The molecule has 0 radical (unpaired) electrons. The lowest BCUT2D eigenvalue weighted by Crippen LogP contribution is -2.23. The van der Waals surface area contributed by atoms with Gasteiger partial charge in [0.2, 0.25) is 0 Å². The number of hydrogen-bond acceptors (Lipinski definition) is 2. The molecule has 2 atom stereocenters. The van der Waals surface area contributed by atoms with Crippen LogP contribution in [-0.2, 0) is 4.79 Å². The molecule has 2 unspecified atom stereocenters. The second kappa shape index (κ2) is 5.20. The zero-order valence-electron chi connectivity index (χ0n) is 12.0. The molecular formula is C17H22O2. The van der Waals surface area contributed by atoms with Crippen LogP contribution in [0.25, 0.3) is 0 Å². The van der Waals surface area contributed by atoms with Crippen LogP contribution in [0.4, 0.5) is 0 Å². The van der Waals surface area contributed by atoms with E-state index in [-0.39, 0.29) is 17.6 Å². The highest BCUT2D eigenvalue weighted by atomic mass is 16.3. The maximum Gasteiger partial charge on any atom is 0.169 e. The molecule has 0 aliphatic heterocycles. The number of hydrogen-bond donors (Lipinski definition) is 1. The van der Waals surface area contributed by atoms with Crippen molar-refractivity contribution in [3.8, 4) is 0 Å². The molecule has 0 amide bonds. The third-order valence-corrected chi connectivity index (χ3v) is 4.04. The van der Waals surface area contributed by atoms with Crippen molar-refractivity contribution >= 4 is 5.78 Å². The van der Waals surface area contributed by atoms with Crippen molar-refractivity contribution in [2.75, 3.05) is 0 Å². The molecule has 0 aromatic heterocycles. The van der Waals surface area contributed by atoms with E-state index >= 15 is 0 Å². The molecule has 1 fully saturated rings. The predicted molar refractivity (Wildman–Crippen MR) is 77.8 cm³/mol. The van der Waals surface area contributed by atoms with E-state index < -0.39 is 0 Å². The summed E-state index contributed by atoms with van der Waals surface area (Å²) in [5.74, 6) is 0.726. The first kappa shape index (κ1) is 13.9. The van der Waals surface area contributed by atoms with Gasteiger partial charge in [-0.05, 0) is 45.6 Å². The molecule has 2 nitrogen and oxygen atoms in total. The zero-order chi connectivity index (χ0) is 14.2. The van der Waals surface area contributed by atoms with Crippen LogP contribution >= 0.6 is 0 Å². The molecule has 0 saturated heterocycles. The Kier molecular flexibility index (Phi) is 3.79. The average Bonchev–Trinajstić information content (AvgIpc) is 2.77. The lowest BCUT2D eigenvalue weighted by Gasteiger charge is -2.23. The molecule has 1 saturated carbocycles. The number of carbonyl (C=O) groups excluding carboxylic acids is 1. The molecule has 0 aromatic carbocycles. The summed E-state index contributed by atoms with van der Waals surface area (Å²) in [6.07, 6.45) is 6.48. The quantitative estimate of drug-likeness (QED) is 0.768. The van der Waals surface area contributed by atoms with Crippen LogP contribution in [-0.4, -0.2) is 10.9 Å². The van der Waals surface area contributed by atoms with E-state index in [1.54, 1.807) is 0 Å². The van der Waals surface area contributed by atoms with Crippen LogP contribution in [0.5, 0.6) is 0 Å². The van der Waals surface area contributed by atoms with E-state index in [1.807, 2.05) is 32.9 Å². The molecule has 0 heterocycles. The van der Waals surface area contributed by atoms with Gasteiger partial charge < -0.3 is 5.11 Å². The van der Waals surface area contributed by atoms with Crippen molar-refractivity contribution in [3.05, 3.63) is 46.8 Å². The fraction of sp³-hybridized carbons (Fsp3) is 0.471. The van der Waals surface area contributed by atoms with Crippen LogP contribution in [0.15, 0.2) is 46.8 Å². The first-order valence-corrected chi connectivity index (χ1v) is 6.90. The van der Waals surface area contributed by atoms with Gasteiger partial charge in [0.25, 0.3) is 0 Å². The molecule has 0 aromatic rings. The number of aliphatic hydroxyl groups excluding tert-OH is 1. The van der Waals surface area contributed by atoms with Crippen molar-refractivity contribution in [1.29, 1.82) is 0 Å². The normalized spacial score (nSPS) is 26.2. The van der Waals surface area contributed by atoms with Crippen molar-refractivity contribution in [3.63, 3.8) is 0 Å². The third kappa shape index (κ3) is 2.58. The van der Waals surface area contributed by atoms with Crippen molar-refractivity contribution in [2.45, 2.75) is 40.0 Å².